The van der Waals surface area contributed by atoms with Gasteiger partial charge in [-0.3, -0.25) is 0 Å². The highest BCUT2D eigenvalue weighted by Gasteiger charge is 2.14. The van der Waals surface area contributed by atoms with Crippen LogP contribution in [-0.4, -0.2) is 38.5 Å². The molecule has 1 aliphatic heterocycles. The predicted octanol–water partition coefficient (Wildman–Crippen LogP) is 1.43. The van der Waals surface area contributed by atoms with Gasteiger partial charge in [0.2, 0.25) is 0 Å². The molecule has 1 heterocycles. The van der Waals surface area contributed by atoms with Crippen LogP contribution in [0, 0.1) is 5.92 Å². The van der Waals surface area contributed by atoms with Crippen LogP contribution in [0.4, 0.5) is 0 Å². The molecule has 1 aliphatic rings. The molecule has 0 bridgehead atoms. The fourth-order valence-electron chi connectivity index (χ4n) is 1.51. The van der Waals surface area contributed by atoms with Crippen molar-refractivity contribution < 1.29 is 9.47 Å². The zero-order valence-corrected chi connectivity index (χ0v) is 9.64. The van der Waals surface area contributed by atoms with Gasteiger partial charge in [-0.1, -0.05) is 0 Å². The Morgan fingerprint density at radius 1 is 1.29 bits per heavy atom. The van der Waals surface area contributed by atoms with Gasteiger partial charge in [0, 0.05) is 6.54 Å². The molecule has 3 nitrogen and oxygen atoms in total. The summed E-state index contributed by atoms with van der Waals surface area (Å²) in [6, 6.07) is 0. The van der Waals surface area contributed by atoms with Gasteiger partial charge in [-0.05, 0) is 39.7 Å². The second-order valence-electron chi connectivity index (χ2n) is 4.89. The summed E-state index contributed by atoms with van der Waals surface area (Å²) in [6.45, 7) is 10.7. The summed E-state index contributed by atoms with van der Waals surface area (Å²) in [7, 11) is 0. The van der Waals surface area contributed by atoms with Crippen LogP contribution in [0.25, 0.3) is 0 Å². The smallest absolute Gasteiger partial charge is 0.0707 e. The van der Waals surface area contributed by atoms with Crippen LogP contribution < -0.4 is 5.32 Å². The van der Waals surface area contributed by atoms with E-state index in [0.29, 0.717) is 19.1 Å². The maximum atomic E-state index is 5.55. The highest BCUT2D eigenvalue weighted by molar-refractivity contribution is 4.70. The SMILES string of the molecule is CC(C)(C)OCCOCC1CCNC1. The fraction of sp³-hybridized carbons (Fsp3) is 1.00. The molecule has 1 fully saturated rings. The van der Waals surface area contributed by atoms with E-state index in [1.54, 1.807) is 0 Å². The third-order valence-electron chi connectivity index (χ3n) is 2.28. The van der Waals surface area contributed by atoms with E-state index in [4.69, 9.17) is 9.47 Å². The van der Waals surface area contributed by atoms with E-state index in [-0.39, 0.29) is 5.60 Å². The third-order valence-corrected chi connectivity index (χ3v) is 2.28. The first kappa shape index (κ1) is 12.0. The first-order chi connectivity index (χ1) is 6.58. The molecule has 1 saturated heterocycles. The summed E-state index contributed by atoms with van der Waals surface area (Å²) >= 11 is 0. The Hall–Kier alpha value is -0.120. The van der Waals surface area contributed by atoms with Crippen molar-refractivity contribution >= 4 is 0 Å². The van der Waals surface area contributed by atoms with Gasteiger partial charge in [-0.15, -0.1) is 0 Å². The summed E-state index contributed by atoms with van der Waals surface area (Å²) in [5.41, 5.74) is -0.0434. The minimum Gasteiger partial charge on any atom is -0.379 e. The molecule has 0 saturated carbocycles. The number of hydrogen-bond donors (Lipinski definition) is 1. The van der Waals surface area contributed by atoms with Crippen LogP contribution in [-0.2, 0) is 9.47 Å². The van der Waals surface area contributed by atoms with Gasteiger partial charge in [-0.2, -0.15) is 0 Å². The van der Waals surface area contributed by atoms with Crippen LogP contribution in [0.5, 0.6) is 0 Å². The lowest BCUT2D eigenvalue weighted by Crippen LogP contribution is -2.23. The lowest BCUT2D eigenvalue weighted by atomic mass is 10.1. The van der Waals surface area contributed by atoms with Crippen molar-refractivity contribution in [2.45, 2.75) is 32.8 Å². The van der Waals surface area contributed by atoms with Gasteiger partial charge in [0.05, 0.1) is 25.4 Å². The van der Waals surface area contributed by atoms with E-state index in [1.807, 2.05) is 0 Å². The standard InChI is InChI=1S/C11H23NO2/c1-11(2,3)14-7-6-13-9-10-4-5-12-8-10/h10,12H,4-9H2,1-3H3. The molecule has 0 aromatic rings. The monoisotopic (exact) mass is 201 g/mol. The molecule has 1 atom stereocenters. The number of nitrogens with one attached hydrogen (secondary N) is 1. The third kappa shape index (κ3) is 5.58. The van der Waals surface area contributed by atoms with Gasteiger partial charge in [-0.25, -0.2) is 0 Å². The van der Waals surface area contributed by atoms with E-state index in [2.05, 4.69) is 26.1 Å². The Kier molecular flexibility index (Phi) is 4.85. The molecule has 0 aromatic carbocycles. The van der Waals surface area contributed by atoms with Crippen LogP contribution in [0.3, 0.4) is 0 Å². The van der Waals surface area contributed by atoms with E-state index in [0.717, 1.165) is 19.7 Å². The molecule has 84 valence electrons. The van der Waals surface area contributed by atoms with E-state index in [1.165, 1.54) is 6.42 Å². The minimum absolute atomic E-state index is 0.0434. The van der Waals surface area contributed by atoms with Crippen molar-refractivity contribution in [1.82, 2.24) is 5.32 Å². The summed E-state index contributed by atoms with van der Waals surface area (Å²) in [5.74, 6) is 0.713. The van der Waals surface area contributed by atoms with Gasteiger partial charge in [0.15, 0.2) is 0 Å². The number of rotatable bonds is 5. The molecule has 0 radical (unpaired) electrons. The predicted molar refractivity (Wildman–Crippen MR) is 57.5 cm³/mol. The lowest BCUT2D eigenvalue weighted by Gasteiger charge is -2.19. The van der Waals surface area contributed by atoms with Crippen molar-refractivity contribution in [1.29, 1.82) is 0 Å². The van der Waals surface area contributed by atoms with E-state index in [9.17, 15) is 0 Å². The largest absolute Gasteiger partial charge is 0.379 e. The van der Waals surface area contributed by atoms with Crippen molar-refractivity contribution in [2.75, 3.05) is 32.9 Å². The van der Waals surface area contributed by atoms with E-state index < -0.39 is 0 Å². The van der Waals surface area contributed by atoms with Crippen molar-refractivity contribution in [3.63, 3.8) is 0 Å². The quantitative estimate of drug-likeness (QED) is 0.683. The average Bonchev–Trinajstić information content (AvgIpc) is 2.54. The van der Waals surface area contributed by atoms with Crippen LogP contribution >= 0.6 is 0 Å². The summed E-state index contributed by atoms with van der Waals surface area (Å²) in [4.78, 5) is 0. The zero-order chi connectivity index (χ0) is 10.4. The first-order valence-electron chi connectivity index (χ1n) is 5.50. The molecular formula is C11H23NO2. The van der Waals surface area contributed by atoms with Crippen molar-refractivity contribution in [3.8, 4) is 0 Å². The Morgan fingerprint density at radius 2 is 2.07 bits per heavy atom. The maximum Gasteiger partial charge on any atom is 0.0707 e. The Morgan fingerprint density at radius 3 is 2.64 bits per heavy atom. The highest BCUT2D eigenvalue weighted by atomic mass is 16.5. The molecule has 1 rings (SSSR count). The van der Waals surface area contributed by atoms with Crippen molar-refractivity contribution in [3.05, 3.63) is 0 Å². The molecule has 0 aromatic heterocycles. The first-order valence-corrected chi connectivity index (χ1v) is 5.50. The second-order valence-corrected chi connectivity index (χ2v) is 4.89. The fourth-order valence-corrected chi connectivity index (χ4v) is 1.51. The van der Waals surface area contributed by atoms with Crippen molar-refractivity contribution in [2.24, 2.45) is 5.92 Å². The molecule has 14 heavy (non-hydrogen) atoms. The molecule has 1 unspecified atom stereocenters. The number of hydrogen-bond acceptors (Lipinski definition) is 3. The average molecular weight is 201 g/mol. The Balaban J connectivity index is 1.89. The Labute approximate surface area is 87.2 Å². The molecule has 0 amide bonds. The second kappa shape index (κ2) is 5.69. The minimum atomic E-state index is -0.0434. The highest BCUT2D eigenvalue weighted by Crippen LogP contribution is 2.08. The van der Waals surface area contributed by atoms with Gasteiger partial charge < -0.3 is 14.8 Å². The van der Waals surface area contributed by atoms with Crippen LogP contribution in [0.2, 0.25) is 0 Å². The lowest BCUT2D eigenvalue weighted by molar-refractivity contribution is -0.0385. The Bertz CT molecular complexity index is 148. The molecule has 1 N–H and O–H groups in total. The molecule has 0 spiro atoms. The molecule has 3 heteroatoms. The summed E-state index contributed by atoms with van der Waals surface area (Å²) in [5, 5.41) is 3.33. The molecule has 0 aliphatic carbocycles. The molecular weight excluding hydrogens is 178 g/mol. The zero-order valence-electron chi connectivity index (χ0n) is 9.64. The maximum absolute atomic E-state index is 5.55. The van der Waals surface area contributed by atoms with E-state index >= 15 is 0 Å². The summed E-state index contributed by atoms with van der Waals surface area (Å²) in [6.07, 6.45) is 1.25. The topological polar surface area (TPSA) is 30.5 Å². The van der Waals surface area contributed by atoms with Gasteiger partial charge >= 0.3 is 0 Å². The van der Waals surface area contributed by atoms with Crippen LogP contribution in [0.1, 0.15) is 27.2 Å². The summed E-state index contributed by atoms with van der Waals surface area (Å²) < 4.78 is 11.1. The van der Waals surface area contributed by atoms with Gasteiger partial charge in [0.25, 0.3) is 0 Å². The van der Waals surface area contributed by atoms with Gasteiger partial charge in [0.1, 0.15) is 0 Å². The normalized spacial score (nSPS) is 22.9. The van der Waals surface area contributed by atoms with Crippen LogP contribution in [0.15, 0.2) is 0 Å². The number of ether oxygens (including phenoxy) is 2.